The molecule has 1 amide bonds. The van der Waals surface area contributed by atoms with Gasteiger partial charge in [0.25, 0.3) is 0 Å². The summed E-state index contributed by atoms with van der Waals surface area (Å²) in [6.45, 7) is 0. The molecule has 8 heteroatoms. The van der Waals surface area contributed by atoms with E-state index in [4.69, 9.17) is 0 Å². The molecule has 2 unspecified atom stereocenters. The number of nitrogens with zero attached hydrogens (tertiary/aromatic N) is 3. The number of hydrogen-bond donors (Lipinski definition) is 3. The van der Waals surface area contributed by atoms with Crippen LogP contribution in [0.15, 0.2) is 54.4 Å². The van der Waals surface area contributed by atoms with Crippen LogP contribution in [0.4, 0.5) is 5.13 Å². The van der Waals surface area contributed by atoms with E-state index in [-0.39, 0.29) is 18.0 Å². The van der Waals surface area contributed by atoms with Crippen LogP contribution in [0.5, 0.6) is 0 Å². The smallest absolute Gasteiger partial charge is 0.244 e. The number of nitrogens with one attached hydrogen (secondary N) is 3. The second kappa shape index (κ2) is 7.06. The molecule has 0 aromatic carbocycles. The largest absolute Gasteiger partial charge is 0.301 e. The summed E-state index contributed by atoms with van der Waals surface area (Å²) in [4.78, 5) is 25.0. The number of aromatic nitrogens is 3. The first-order valence-electron chi connectivity index (χ1n) is 7.87. The molecule has 25 heavy (non-hydrogen) atoms. The first-order valence-corrected chi connectivity index (χ1v) is 8.75. The van der Waals surface area contributed by atoms with Gasteiger partial charge in [-0.2, -0.15) is 0 Å². The maximum absolute atomic E-state index is 12.5. The van der Waals surface area contributed by atoms with Crippen molar-refractivity contribution < 1.29 is 4.79 Å². The van der Waals surface area contributed by atoms with Gasteiger partial charge in [0.15, 0.2) is 5.13 Å². The molecule has 2 atom stereocenters. The lowest BCUT2D eigenvalue weighted by molar-refractivity contribution is -0.117. The summed E-state index contributed by atoms with van der Waals surface area (Å²) in [5.41, 5.74) is 9.05. The Morgan fingerprint density at radius 2 is 2.04 bits per heavy atom. The van der Waals surface area contributed by atoms with Crippen LogP contribution in [-0.2, 0) is 4.79 Å². The third kappa shape index (κ3) is 3.55. The summed E-state index contributed by atoms with van der Waals surface area (Å²) in [7, 11) is 0. The molecule has 0 radical (unpaired) electrons. The second-order valence-electron chi connectivity index (χ2n) is 5.68. The van der Waals surface area contributed by atoms with Crippen LogP contribution in [0, 0.1) is 0 Å². The minimum atomic E-state index is -0.321. The predicted molar refractivity (Wildman–Crippen MR) is 95.6 cm³/mol. The Labute approximate surface area is 148 Å². The van der Waals surface area contributed by atoms with E-state index in [1.807, 2.05) is 29.6 Å². The molecule has 3 N–H and O–H groups in total. The van der Waals surface area contributed by atoms with Crippen molar-refractivity contribution in [2.24, 2.45) is 0 Å². The molecule has 0 aliphatic carbocycles. The molecule has 1 fully saturated rings. The highest BCUT2D eigenvalue weighted by Crippen LogP contribution is 2.26. The standard InChI is InChI=1S/C17H16N6OS/c24-16(14-8-13(22-23-14)12-2-1-5-19-9-12)21-17-20-15(10-25-17)11-3-6-18-7-4-11/h1-7,9-10,13-14,22-23H,8H2,(H,20,21,24). The van der Waals surface area contributed by atoms with Gasteiger partial charge in [-0.1, -0.05) is 6.07 Å². The van der Waals surface area contributed by atoms with Crippen LogP contribution in [0.25, 0.3) is 11.3 Å². The van der Waals surface area contributed by atoms with E-state index in [0.717, 1.165) is 16.8 Å². The maximum atomic E-state index is 12.5. The third-order valence-electron chi connectivity index (χ3n) is 4.02. The number of hydrogen-bond acceptors (Lipinski definition) is 7. The van der Waals surface area contributed by atoms with E-state index < -0.39 is 0 Å². The lowest BCUT2D eigenvalue weighted by Crippen LogP contribution is -2.39. The van der Waals surface area contributed by atoms with Crippen molar-refractivity contribution in [3.63, 3.8) is 0 Å². The van der Waals surface area contributed by atoms with Gasteiger partial charge in [-0.3, -0.25) is 14.8 Å². The number of amides is 1. The first kappa shape index (κ1) is 15.8. The summed E-state index contributed by atoms with van der Waals surface area (Å²) in [5.74, 6) is -0.102. The summed E-state index contributed by atoms with van der Waals surface area (Å²) < 4.78 is 0. The zero-order chi connectivity index (χ0) is 17.1. The number of rotatable bonds is 4. The zero-order valence-electron chi connectivity index (χ0n) is 13.2. The molecular weight excluding hydrogens is 336 g/mol. The lowest BCUT2D eigenvalue weighted by atomic mass is 10.0. The molecule has 0 saturated carbocycles. The van der Waals surface area contributed by atoms with E-state index >= 15 is 0 Å². The topological polar surface area (TPSA) is 91.8 Å². The van der Waals surface area contributed by atoms with Crippen molar-refractivity contribution >= 4 is 22.4 Å². The number of pyridine rings is 2. The Morgan fingerprint density at radius 3 is 2.84 bits per heavy atom. The second-order valence-corrected chi connectivity index (χ2v) is 6.54. The minimum Gasteiger partial charge on any atom is -0.301 e. The van der Waals surface area contributed by atoms with Crippen LogP contribution in [0.1, 0.15) is 18.0 Å². The van der Waals surface area contributed by atoms with Gasteiger partial charge >= 0.3 is 0 Å². The molecule has 1 saturated heterocycles. The van der Waals surface area contributed by atoms with Gasteiger partial charge in [0, 0.05) is 41.8 Å². The number of carbonyl (C=O) groups excluding carboxylic acids is 1. The molecule has 4 heterocycles. The van der Waals surface area contributed by atoms with Crippen LogP contribution in [-0.4, -0.2) is 26.9 Å². The molecule has 1 aliphatic heterocycles. The van der Waals surface area contributed by atoms with Gasteiger partial charge in [-0.25, -0.2) is 15.8 Å². The average molecular weight is 352 g/mol. The number of anilines is 1. The fourth-order valence-electron chi connectivity index (χ4n) is 2.71. The molecule has 7 nitrogen and oxygen atoms in total. The molecule has 0 spiro atoms. The van der Waals surface area contributed by atoms with Crippen molar-refractivity contribution in [2.45, 2.75) is 18.5 Å². The molecular formula is C17H16N6OS. The van der Waals surface area contributed by atoms with E-state index in [2.05, 4.69) is 31.1 Å². The van der Waals surface area contributed by atoms with Gasteiger partial charge in [0.05, 0.1) is 5.69 Å². The lowest BCUT2D eigenvalue weighted by Gasteiger charge is -2.08. The van der Waals surface area contributed by atoms with Gasteiger partial charge < -0.3 is 5.32 Å². The van der Waals surface area contributed by atoms with E-state index in [0.29, 0.717) is 11.6 Å². The zero-order valence-corrected chi connectivity index (χ0v) is 14.0. The highest BCUT2D eigenvalue weighted by Gasteiger charge is 2.30. The third-order valence-corrected chi connectivity index (χ3v) is 4.77. The minimum absolute atomic E-state index is 0.0631. The highest BCUT2D eigenvalue weighted by atomic mass is 32.1. The molecule has 1 aliphatic rings. The first-order chi connectivity index (χ1) is 12.3. The Kier molecular flexibility index (Phi) is 4.47. The normalized spacial score (nSPS) is 19.7. The maximum Gasteiger partial charge on any atom is 0.244 e. The van der Waals surface area contributed by atoms with Gasteiger partial charge in [0.2, 0.25) is 5.91 Å². The summed E-state index contributed by atoms with van der Waals surface area (Å²) in [5, 5.41) is 5.39. The van der Waals surface area contributed by atoms with Crippen molar-refractivity contribution in [2.75, 3.05) is 5.32 Å². The summed E-state index contributed by atoms with van der Waals surface area (Å²) in [6, 6.07) is 7.41. The quantitative estimate of drug-likeness (QED) is 0.666. The number of thiazole rings is 1. The Morgan fingerprint density at radius 1 is 1.16 bits per heavy atom. The van der Waals surface area contributed by atoms with Crippen molar-refractivity contribution in [3.8, 4) is 11.3 Å². The number of hydrazine groups is 1. The van der Waals surface area contributed by atoms with E-state index in [9.17, 15) is 4.79 Å². The van der Waals surface area contributed by atoms with Crippen LogP contribution in [0.3, 0.4) is 0 Å². The molecule has 0 bridgehead atoms. The average Bonchev–Trinajstić information content (AvgIpc) is 3.33. The van der Waals surface area contributed by atoms with Crippen molar-refractivity contribution in [1.82, 2.24) is 25.8 Å². The summed E-state index contributed by atoms with van der Waals surface area (Å²) >= 11 is 1.41. The van der Waals surface area contributed by atoms with Gasteiger partial charge in [-0.05, 0) is 30.2 Å². The van der Waals surface area contributed by atoms with Gasteiger partial charge in [0.1, 0.15) is 6.04 Å². The fraction of sp³-hybridized carbons (Fsp3) is 0.176. The fourth-order valence-corrected chi connectivity index (χ4v) is 3.43. The molecule has 126 valence electrons. The van der Waals surface area contributed by atoms with Crippen molar-refractivity contribution in [3.05, 3.63) is 60.0 Å². The SMILES string of the molecule is O=C(Nc1nc(-c2ccncc2)cs1)C1CC(c2cccnc2)NN1. The van der Waals surface area contributed by atoms with Crippen LogP contribution < -0.4 is 16.2 Å². The van der Waals surface area contributed by atoms with Crippen LogP contribution in [0.2, 0.25) is 0 Å². The Bertz CT molecular complexity index is 854. The van der Waals surface area contributed by atoms with E-state index in [1.54, 1.807) is 24.8 Å². The molecule has 3 aromatic rings. The Hall–Kier alpha value is -2.68. The Balaban J connectivity index is 1.39. The predicted octanol–water partition coefficient (Wildman–Crippen LogP) is 2.15. The molecule has 3 aromatic heterocycles. The van der Waals surface area contributed by atoms with E-state index in [1.165, 1.54) is 11.3 Å². The highest BCUT2D eigenvalue weighted by molar-refractivity contribution is 7.14. The monoisotopic (exact) mass is 352 g/mol. The van der Waals surface area contributed by atoms with Gasteiger partial charge in [-0.15, -0.1) is 11.3 Å². The van der Waals surface area contributed by atoms with Crippen LogP contribution >= 0.6 is 11.3 Å². The number of carbonyl (C=O) groups is 1. The van der Waals surface area contributed by atoms with Crippen molar-refractivity contribution in [1.29, 1.82) is 0 Å². The molecule has 4 rings (SSSR count). The summed E-state index contributed by atoms with van der Waals surface area (Å²) in [6.07, 6.45) is 7.64.